The number of hydrogen-bond donors (Lipinski definition) is 1. The molecule has 0 aliphatic rings. The van der Waals surface area contributed by atoms with Crippen LogP contribution in [0.2, 0.25) is 5.02 Å². The molecule has 0 bridgehead atoms. The zero-order valence-corrected chi connectivity index (χ0v) is 12.3. The monoisotopic (exact) mass is 288 g/mol. The van der Waals surface area contributed by atoms with Crippen LogP contribution >= 0.6 is 11.6 Å². The van der Waals surface area contributed by atoms with Gasteiger partial charge in [-0.3, -0.25) is 4.79 Å². The van der Waals surface area contributed by atoms with Crippen LogP contribution in [0, 0.1) is 6.92 Å². The average Bonchev–Trinajstić information content (AvgIpc) is 2.42. The van der Waals surface area contributed by atoms with Gasteiger partial charge in [0.05, 0.1) is 5.41 Å². The maximum Gasteiger partial charge on any atom is 0.314 e. The van der Waals surface area contributed by atoms with Crippen molar-refractivity contribution in [2.75, 3.05) is 0 Å². The second-order valence-corrected chi connectivity index (χ2v) is 5.68. The lowest BCUT2D eigenvalue weighted by molar-refractivity contribution is -0.143. The fourth-order valence-corrected chi connectivity index (χ4v) is 2.45. The van der Waals surface area contributed by atoms with Gasteiger partial charge in [-0.05, 0) is 37.5 Å². The summed E-state index contributed by atoms with van der Waals surface area (Å²) < 4.78 is 0. The minimum Gasteiger partial charge on any atom is -0.481 e. The second kappa shape index (κ2) is 5.68. The van der Waals surface area contributed by atoms with Gasteiger partial charge in [0.15, 0.2) is 0 Å². The molecule has 0 heterocycles. The van der Waals surface area contributed by atoms with Crippen molar-refractivity contribution in [3.63, 3.8) is 0 Å². The van der Waals surface area contributed by atoms with E-state index in [-0.39, 0.29) is 0 Å². The number of halogens is 1. The SMILES string of the molecule is Cc1ccc(C(C)(Cc2ccccc2Cl)C(=O)O)cc1. The zero-order chi connectivity index (χ0) is 14.8. The molecule has 0 aliphatic carbocycles. The molecule has 2 aromatic carbocycles. The molecule has 0 radical (unpaired) electrons. The maximum atomic E-state index is 11.8. The first-order valence-corrected chi connectivity index (χ1v) is 6.85. The number of aliphatic carboxylic acids is 1. The second-order valence-electron chi connectivity index (χ2n) is 5.27. The molecule has 2 nitrogen and oxygen atoms in total. The van der Waals surface area contributed by atoms with Crippen molar-refractivity contribution >= 4 is 17.6 Å². The van der Waals surface area contributed by atoms with Crippen molar-refractivity contribution < 1.29 is 9.90 Å². The molecule has 2 rings (SSSR count). The first kappa shape index (κ1) is 14.6. The number of rotatable bonds is 4. The number of carboxylic acid groups (broad SMARTS) is 1. The molecule has 0 saturated heterocycles. The predicted octanol–water partition coefficient (Wildman–Crippen LogP) is 4.23. The summed E-state index contributed by atoms with van der Waals surface area (Å²) in [5.74, 6) is -0.846. The van der Waals surface area contributed by atoms with E-state index in [1.165, 1.54) is 0 Å². The smallest absolute Gasteiger partial charge is 0.314 e. The summed E-state index contributed by atoms with van der Waals surface area (Å²) in [7, 11) is 0. The number of carbonyl (C=O) groups is 1. The van der Waals surface area contributed by atoms with E-state index in [0.717, 1.165) is 16.7 Å². The van der Waals surface area contributed by atoms with Gasteiger partial charge in [-0.25, -0.2) is 0 Å². The first-order chi connectivity index (χ1) is 9.43. The van der Waals surface area contributed by atoms with Crippen molar-refractivity contribution in [1.82, 2.24) is 0 Å². The van der Waals surface area contributed by atoms with Crippen LogP contribution in [0.25, 0.3) is 0 Å². The first-order valence-electron chi connectivity index (χ1n) is 6.47. The van der Waals surface area contributed by atoms with Crippen LogP contribution in [-0.2, 0) is 16.6 Å². The third kappa shape index (κ3) is 2.86. The van der Waals surface area contributed by atoms with Gasteiger partial charge in [0.1, 0.15) is 0 Å². The molecular weight excluding hydrogens is 272 g/mol. The Morgan fingerprint density at radius 3 is 2.30 bits per heavy atom. The Morgan fingerprint density at radius 2 is 1.75 bits per heavy atom. The topological polar surface area (TPSA) is 37.3 Å². The van der Waals surface area contributed by atoms with Gasteiger partial charge >= 0.3 is 5.97 Å². The fourth-order valence-electron chi connectivity index (χ4n) is 2.25. The molecule has 20 heavy (non-hydrogen) atoms. The van der Waals surface area contributed by atoms with Crippen LogP contribution in [0.3, 0.4) is 0 Å². The molecule has 0 spiro atoms. The van der Waals surface area contributed by atoms with Crippen LogP contribution in [-0.4, -0.2) is 11.1 Å². The van der Waals surface area contributed by atoms with Gasteiger partial charge in [0.2, 0.25) is 0 Å². The molecule has 104 valence electrons. The van der Waals surface area contributed by atoms with E-state index in [4.69, 9.17) is 11.6 Å². The third-order valence-electron chi connectivity index (χ3n) is 3.66. The van der Waals surface area contributed by atoms with Gasteiger partial charge in [0.25, 0.3) is 0 Å². The van der Waals surface area contributed by atoms with Crippen LogP contribution in [0.5, 0.6) is 0 Å². The Balaban J connectivity index is 2.43. The average molecular weight is 289 g/mol. The summed E-state index contributed by atoms with van der Waals surface area (Å²) in [4.78, 5) is 11.8. The number of carboxylic acids is 1. The summed E-state index contributed by atoms with van der Waals surface area (Å²) in [5.41, 5.74) is 1.76. The third-order valence-corrected chi connectivity index (χ3v) is 4.03. The van der Waals surface area contributed by atoms with E-state index in [1.54, 1.807) is 13.0 Å². The standard InChI is InChI=1S/C17H17ClO2/c1-12-7-9-14(10-8-12)17(2,16(19)20)11-13-5-3-4-6-15(13)18/h3-10H,11H2,1-2H3,(H,19,20). The van der Waals surface area contributed by atoms with Crippen LogP contribution in [0.4, 0.5) is 0 Å². The van der Waals surface area contributed by atoms with E-state index in [0.29, 0.717) is 11.4 Å². The zero-order valence-electron chi connectivity index (χ0n) is 11.6. The van der Waals surface area contributed by atoms with Gasteiger partial charge in [-0.1, -0.05) is 59.6 Å². The summed E-state index contributed by atoms with van der Waals surface area (Å²) in [6.45, 7) is 3.72. The fraction of sp³-hybridized carbons (Fsp3) is 0.235. The molecule has 1 N–H and O–H groups in total. The Hall–Kier alpha value is -1.80. The van der Waals surface area contributed by atoms with Gasteiger partial charge in [0, 0.05) is 5.02 Å². The molecule has 3 heteroatoms. The largest absolute Gasteiger partial charge is 0.481 e. The highest BCUT2D eigenvalue weighted by molar-refractivity contribution is 6.31. The molecule has 0 saturated carbocycles. The highest BCUT2D eigenvalue weighted by Crippen LogP contribution is 2.31. The van der Waals surface area contributed by atoms with Crippen molar-refractivity contribution in [2.24, 2.45) is 0 Å². The van der Waals surface area contributed by atoms with Gasteiger partial charge in [-0.15, -0.1) is 0 Å². The van der Waals surface area contributed by atoms with Crippen molar-refractivity contribution in [2.45, 2.75) is 25.7 Å². The summed E-state index contributed by atoms with van der Waals surface area (Å²) in [6.07, 6.45) is 0.366. The van der Waals surface area contributed by atoms with E-state index < -0.39 is 11.4 Å². The molecular formula is C17H17ClO2. The lowest BCUT2D eigenvalue weighted by atomic mass is 9.77. The molecule has 0 amide bonds. The molecule has 0 aromatic heterocycles. The number of aryl methyl sites for hydroxylation is 1. The van der Waals surface area contributed by atoms with Crippen molar-refractivity contribution in [3.05, 3.63) is 70.2 Å². The van der Waals surface area contributed by atoms with Crippen LogP contribution in [0.15, 0.2) is 48.5 Å². The highest BCUT2D eigenvalue weighted by Gasteiger charge is 2.35. The normalized spacial score (nSPS) is 13.8. The molecule has 0 fully saturated rings. The lowest BCUT2D eigenvalue weighted by Crippen LogP contribution is -2.34. The minimum atomic E-state index is -0.987. The minimum absolute atomic E-state index is 0.366. The Morgan fingerprint density at radius 1 is 1.15 bits per heavy atom. The lowest BCUT2D eigenvalue weighted by Gasteiger charge is -2.26. The molecule has 2 aromatic rings. The summed E-state index contributed by atoms with van der Waals surface area (Å²) in [6, 6.07) is 15.0. The van der Waals surface area contributed by atoms with Crippen molar-refractivity contribution in [1.29, 1.82) is 0 Å². The molecule has 1 unspecified atom stereocenters. The molecule has 1 atom stereocenters. The Kier molecular flexibility index (Phi) is 4.15. The highest BCUT2D eigenvalue weighted by atomic mass is 35.5. The van der Waals surface area contributed by atoms with E-state index >= 15 is 0 Å². The van der Waals surface area contributed by atoms with E-state index in [2.05, 4.69) is 0 Å². The summed E-state index contributed by atoms with van der Waals surface area (Å²) >= 11 is 6.15. The van der Waals surface area contributed by atoms with Crippen LogP contribution in [0.1, 0.15) is 23.6 Å². The molecule has 0 aliphatic heterocycles. The predicted molar refractivity (Wildman–Crippen MR) is 81.3 cm³/mol. The number of hydrogen-bond acceptors (Lipinski definition) is 1. The Labute approximate surface area is 124 Å². The maximum absolute atomic E-state index is 11.8. The summed E-state index contributed by atoms with van der Waals surface area (Å²) in [5, 5.41) is 10.3. The van der Waals surface area contributed by atoms with Crippen molar-refractivity contribution in [3.8, 4) is 0 Å². The quantitative estimate of drug-likeness (QED) is 0.914. The van der Waals surface area contributed by atoms with Gasteiger partial charge < -0.3 is 5.11 Å². The van der Waals surface area contributed by atoms with Gasteiger partial charge in [-0.2, -0.15) is 0 Å². The van der Waals surface area contributed by atoms with E-state index in [9.17, 15) is 9.90 Å². The number of benzene rings is 2. The van der Waals surface area contributed by atoms with E-state index in [1.807, 2.05) is 49.4 Å². The van der Waals surface area contributed by atoms with Crippen LogP contribution < -0.4 is 0 Å². The Bertz CT molecular complexity index is 619.